The number of hydrogen-bond acceptors (Lipinski definition) is 3. The van der Waals surface area contributed by atoms with Crippen LogP contribution in [0, 0.1) is 6.92 Å². The summed E-state index contributed by atoms with van der Waals surface area (Å²) in [5.74, 6) is 0.247. The summed E-state index contributed by atoms with van der Waals surface area (Å²) in [5, 5.41) is 4.37. The third-order valence-electron chi connectivity index (χ3n) is 3.70. The van der Waals surface area contributed by atoms with E-state index in [1.165, 1.54) is 17.3 Å². The molecule has 1 atom stereocenters. The van der Waals surface area contributed by atoms with Gasteiger partial charge in [0.05, 0.1) is 22.8 Å². The molecule has 2 N–H and O–H groups in total. The van der Waals surface area contributed by atoms with Gasteiger partial charge in [0, 0.05) is 5.02 Å². The summed E-state index contributed by atoms with van der Waals surface area (Å²) in [6.07, 6.45) is 0. The molecule has 6 heteroatoms. The molecule has 0 saturated carbocycles. The van der Waals surface area contributed by atoms with E-state index in [0.29, 0.717) is 10.8 Å². The van der Waals surface area contributed by atoms with Crippen LogP contribution in [0.2, 0.25) is 5.02 Å². The zero-order valence-electron chi connectivity index (χ0n) is 13.5. The Labute approximate surface area is 150 Å². The van der Waals surface area contributed by atoms with E-state index >= 15 is 0 Å². The van der Waals surface area contributed by atoms with Gasteiger partial charge in [0.25, 0.3) is 0 Å². The first kappa shape index (κ1) is 16.9. The van der Waals surface area contributed by atoms with Crippen molar-refractivity contribution in [1.29, 1.82) is 0 Å². The zero-order valence-corrected chi connectivity index (χ0v) is 15.0. The van der Waals surface area contributed by atoms with Crippen molar-refractivity contribution in [2.75, 3.05) is 5.75 Å². The maximum absolute atomic E-state index is 12.2. The number of carbonyl (C=O) groups excluding carboxylic acids is 1. The normalized spacial score (nSPS) is 12.3. The summed E-state index contributed by atoms with van der Waals surface area (Å²) < 4.78 is 0. The van der Waals surface area contributed by atoms with Gasteiger partial charge in [0.1, 0.15) is 0 Å². The lowest BCUT2D eigenvalue weighted by molar-refractivity contribution is -0.119. The number of aromatic nitrogens is 2. The zero-order chi connectivity index (χ0) is 17.1. The summed E-state index contributed by atoms with van der Waals surface area (Å²) in [4.78, 5) is 19.9. The Morgan fingerprint density at radius 3 is 2.92 bits per heavy atom. The molecule has 24 heavy (non-hydrogen) atoms. The van der Waals surface area contributed by atoms with Gasteiger partial charge in [0.2, 0.25) is 5.91 Å². The Balaban J connectivity index is 1.59. The second kappa shape index (κ2) is 7.28. The molecule has 1 heterocycles. The van der Waals surface area contributed by atoms with Gasteiger partial charge in [-0.3, -0.25) is 4.79 Å². The van der Waals surface area contributed by atoms with Gasteiger partial charge in [-0.2, -0.15) is 0 Å². The average Bonchev–Trinajstić information content (AvgIpc) is 2.95. The number of benzene rings is 2. The number of hydrogen-bond donors (Lipinski definition) is 2. The highest BCUT2D eigenvalue weighted by atomic mass is 35.5. The van der Waals surface area contributed by atoms with Gasteiger partial charge in [-0.15, -0.1) is 0 Å². The maximum atomic E-state index is 12.2. The fraction of sp³-hybridized carbons (Fsp3) is 0.222. The minimum absolute atomic E-state index is 0.0518. The summed E-state index contributed by atoms with van der Waals surface area (Å²) in [6, 6.07) is 13.4. The lowest BCUT2D eigenvalue weighted by Gasteiger charge is -2.15. The number of nitrogens with zero attached hydrogens (tertiary/aromatic N) is 1. The molecular weight excluding hydrogens is 342 g/mol. The van der Waals surface area contributed by atoms with Crippen LogP contribution in [-0.4, -0.2) is 21.6 Å². The third kappa shape index (κ3) is 3.91. The summed E-state index contributed by atoms with van der Waals surface area (Å²) in [5.41, 5.74) is 3.99. The van der Waals surface area contributed by atoms with E-state index in [-0.39, 0.29) is 11.9 Å². The summed E-state index contributed by atoms with van der Waals surface area (Å²) in [7, 11) is 0. The van der Waals surface area contributed by atoms with E-state index in [2.05, 4.69) is 15.3 Å². The van der Waals surface area contributed by atoms with E-state index in [0.717, 1.165) is 21.8 Å². The Morgan fingerprint density at radius 1 is 1.33 bits per heavy atom. The van der Waals surface area contributed by atoms with Crippen molar-refractivity contribution in [3.8, 4) is 0 Å². The Morgan fingerprint density at radius 2 is 2.12 bits per heavy atom. The molecule has 3 rings (SSSR count). The molecule has 0 aliphatic carbocycles. The molecule has 4 nitrogen and oxygen atoms in total. The van der Waals surface area contributed by atoms with Gasteiger partial charge in [-0.05, 0) is 43.2 Å². The van der Waals surface area contributed by atoms with Gasteiger partial charge < -0.3 is 10.3 Å². The number of nitrogens with one attached hydrogen (secondary N) is 2. The summed E-state index contributed by atoms with van der Waals surface area (Å²) >= 11 is 7.55. The predicted molar refractivity (Wildman–Crippen MR) is 99.6 cm³/mol. The minimum Gasteiger partial charge on any atom is -0.349 e. The number of amides is 1. The minimum atomic E-state index is -0.134. The quantitative estimate of drug-likeness (QED) is 0.660. The van der Waals surface area contributed by atoms with E-state index in [1.54, 1.807) is 0 Å². The van der Waals surface area contributed by atoms with Crippen LogP contribution in [-0.2, 0) is 4.79 Å². The molecule has 0 spiro atoms. The van der Waals surface area contributed by atoms with E-state index < -0.39 is 0 Å². The number of rotatable bonds is 5. The van der Waals surface area contributed by atoms with Crippen molar-refractivity contribution in [2.45, 2.75) is 25.0 Å². The fourth-order valence-electron chi connectivity index (χ4n) is 2.49. The number of imidazole rings is 1. The molecule has 0 radical (unpaired) electrons. The maximum Gasteiger partial charge on any atom is 0.230 e. The average molecular weight is 360 g/mol. The van der Waals surface area contributed by atoms with Crippen molar-refractivity contribution >= 4 is 40.3 Å². The van der Waals surface area contributed by atoms with Crippen molar-refractivity contribution in [3.63, 3.8) is 0 Å². The van der Waals surface area contributed by atoms with Gasteiger partial charge in [-0.25, -0.2) is 4.98 Å². The Hall–Kier alpha value is -1.98. The molecule has 0 aliphatic rings. The van der Waals surface area contributed by atoms with Crippen LogP contribution in [0.5, 0.6) is 0 Å². The predicted octanol–water partition coefficient (Wildman–Crippen LogP) is 4.49. The molecule has 0 aliphatic heterocycles. The molecule has 1 amide bonds. The van der Waals surface area contributed by atoms with E-state index in [4.69, 9.17) is 11.6 Å². The molecule has 0 saturated heterocycles. The van der Waals surface area contributed by atoms with Crippen molar-refractivity contribution in [2.24, 2.45) is 0 Å². The highest BCUT2D eigenvalue weighted by molar-refractivity contribution is 7.99. The topological polar surface area (TPSA) is 57.8 Å². The second-order valence-corrected chi connectivity index (χ2v) is 7.03. The van der Waals surface area contributed by atoms with Crippen LogP contribution in [0.3, 0.4) is 0 Å². The van der Waals surface area contributed by atoms with Crippen LogP contribution in [0.15, 0.2) is 47.6 Å². The number of carbonyl (C=O) groups is 1. The second-order valence-electron chi connectivity index (χ2n) is 5.66. The molecule has 1 aromatic heterocycles. The number of aryl methyl sites for hydroxylation is 1. The molecule has 2 aromatic carbocycles. The molecule has 124 valence electrons. The lowest BCUT2D eigenvalue weighted by atomic mass is 10.1. The highest BCUT2D eigenvalue weighted by Crippen LogP contribution is 2.23. The molecule has 3 aromatic rings. The smallest absolute Gasteiger partial charge is 0.230 e. The Kier molecular flexibility index (Phi) is 5.11. The van der Waals surface area contributed by atoms with Crippen molar-refractivity contribution in [1.82, 2.24) is 15.3 Å². The lowest BCUT2D eigenvalue weighted by Crippen LogP contribution is -2.28. The van der Waals surface area contributed by atoms with Gasteiger partial charge >= 0.3 is 0 Å². The number of thioether (sulfide) groups is 1. The van der Waals surface area contributed by atoms with Crippen LogP contribution < -0.4 is 5.32 Å². The summed E-state index contributed by atoms with van der Waals surface area (Å²) in [6.45, 7) is 3.96. The van der Waals surface area contributed by atoms with Gasteiger partial charge in [0.15, 0.2) is 5.16 Å². The standard InChI is InChI=1S/C18H18ClN3OS/c1-11-7-8-15-16(9-11)22-18(21-15)24-10-17(23)20-12(2)13-5-3-4-6-14(13)19/h3-9,12H,10H2,1-2H3,(H,20,23)(H,21,22). The number of H-pyrrole nitrogens is 1. The first-order valence-electron chi connectivity index (χ1n) is 7.66. The largest absolute Gasteiger partial charge is 0.349 e. The monoisotopic (exact) mass is 359 g/mol. The van der Waals surface area contributed by atoms with Crippen molar-refractivity contribution in [3.05, 3.63) is 58.6 Å². The number of halogens is 1. The SMILES string of the molecule is Cc1ccc2nc(SCC(=O)NC(C)c3ccccc3Cl)[nH]c2c1. The first-order chi connectivity index (χ1) is 11.5. The number of aromatic amines is 1. The van der Waals surface area contributed by atoms with Crippen LogP contribution in [0.1, 0.15) is 24.1 Å². The van der Waals surface area contributed by atoms with E-state index in [1.807, 2.05) is 56.3 Å². The number of fused-ring (bicyclic) bond motifs is 1. The van der Waals surface area contributed by atoms with E-state index in [9.17, 15) is 4.79 Å². The highest BCUT2D eigenvalue weighted by Gasteiger charge is 2.13. The van der Waals surface area contributed by atoms with Crippen LogP contribution >= 0.6 is 23.4 Å². The van der Waals surface area contributed by atoms with Crippen molar-refractivity contribution < 1.29 is 4.79 Å². The molecule has 1 unspecified atom stereocenters. The van der Waals surface area contributed by atoms with Crippen LogP contribution in [0.4, 0.5) is 0 Å². The molecule has 0 fully saturated rings. The Bertz CT molecular complexity index is 878. The van der Waals surface area contributed by atoms with Gasteiger partial charge in [-0.1, -0.05) is 47.6 Å². The third-order valence-corrected chi connectivity index (χ3v) is 4.92. The fourth-order valence-corrected chi connectivity index (χ4v) is 3.49. The first-order valence-corrected chi connectivity index (χ1v) is 9.02. The molecular formula is C18H18ClN3OS. The molecule has 0 bridgehead atoms. The van der Waals surface area contributed by atoms with Crippen LogP contribution in [0.25, 0.3) is 11.0 Å².